The molecule has 108 valence electrons. The van der Waals surface area contributed by atoms with Crippen molar-refractivity contribution in [3.63, 3.8) is 0 Å². The van der Waals surface area contributed by atoms with Crippen LogP contribution in [-0.4, -0.2) is 26.4 Å². The maximum atomic E-state index is 5.85. The van der Waals surface area contributed by atoms with Crippen LogP contribution in [0.25, 0.3) is 0 Å². The van der Waals surface area contributed by atoms with Gasteiger partial charge < -0.3 is 19.9 Å². The van der Waals surface area contributed by atoms with Crippen molar-refractivity contribution in [2.75, 3.05) is 20.8 Å². The highest BCUT2D eigenvalue weighted by Gasteiger charge is 2.16. The first-order valence-electron chi connectivity index (χ1n) is 6.51. The minimum atomic E-state index is -0.182. The number of rotatable bonds is 7. The molecule has 0 fully saturated rings. The number of nitrogens with two attached hydrogens (primary N) is 1. The molecule has 19 heavy (non-hydrogen) atoms. The smallest absolute Gasteiger partial charge is 0.161 e. The molecule has 0 amide bonds. The third-order valence-electron chi connectivity index (χ3n) is 3.23. The van der Waals surface area contributed by atoms with E-state index in [0.717, 1.165) is 17.7 Å². The van der Waals surface area contributed by atoms with E-state index in [4.69, 9.17) is 19.9 Å². The summed E-state index contributed by atoms with van der Waals surface area (Å²) in [6.07, 6.45) is 0.807. The molecule has 1 unspecified atom stereocenters. The first kappa shape index (κ1) is 15.8. The Morgan fingerprint density at radius 1 is 1.21 bits per heavy atom. The Bertz CT molecular complexity index is 402. The second-order valence-corrected chi connectivity index (χ2v) is 5.26. The third kappa shape index (κ3) is 4.73. The monoisotopic (exact) mass is 267 g/mol. The Hall–Kier alpha value is -1.26. The van der Waals surface area contributed by atoms with Crippen molar-refractivity contribution < 1.29 is 14.2 Å². The van der Waals surface area contributed by atoms with Gasteiger partial charge in [-0.25, -0.2) is 0 Å². The lowest BCUT2D eigenvalue weighted by Crippen LogP contribution is -2.25. The number of hydrogen-bond acceptors (Lipinski definition) is 4. The van der Waals surface area contributed by atoms with Gasteiger partial charge in [-0.1, -0.05) is 6.07 Å². The lowest BCUT2D eigenvalue weighted by Gasteiger charge is -2.23. The number of hydrogen-bond donors (Lipinski definition) is 1. The van der Waals surface area contributed by atoms with E-state index in [1.807, 2.05) is 39.0 Å². The van der Waals surface area contributed by atoms with Gasteiger partial charge in [-0.05, 0) is 38.5 Å². The minimum Gasteiger partial charge on any atom is -0.493 e. The zero-order chi connectivity index (χ0) is 14.5. The van der Waals surface area contributed by atoms with Crippen molar-refractivity contribution in [3.05, 3.63) is 23.8 Å². The molecule has 0 heterocycles. The van der Waals surface area contributed by atoms with Gasteiger partial charge >= 0.3 is 0 Å². The summed E-state index contributed by atoms with van der Waals surface area (Å²) in [7, 11) is 3.34. The molecular formula is C15H25NO3. The van der Waals surface area contributed by atoms with Crippen LogP contribution < -0.4 is 15.2 Å². The van der Waals surface area contributed by atoms with E-state index in [1.54, 1.807) is 14.2 Å². The summed E-state index contributed by atoms with van der Waals surface area (Å²) in [6, 6.07) is 5.76. The number of ether oxygens (including phenoxy) is 3. The van der Waals surface area contributed by atoms with Crippen LogP contribution in [0.2, 0.25) is 0 Å². The molecule has 0 bridgehead atoms. The van der Waals surface area contributed by atoms with Crippen LogP contribution in [0, 0.1) is 0 Å². The lowest BCUT2D eigenvalue weighted by atomic mass is 10.1. The highest BCUT2D eigenvalue weighted by molar-refractivity contribution is 5.43. The molecular weight excluding hydrogens is 242 g/mol. The van der Waals surface area contributed by atoms with E-state index in [-0.39, 0.29) is 11.6 Å². The molecule has 4 nitrogen and oxygen atoms in total. The third-order valence-corrected chi connectivity index (χ3v) is 3.23. The van der Waals surface area contributed by atoms with Crippen molar-refractivity contribution in [2.45, 2.75) is 38.8 Å². The number of benzene rings is 1. The zero-order valence-corrected chi connectivity index (χ0v) is 12.5. The molecule has 4 heteroatoms. The van der Waals surface area contributed by atoms with Crippen LogP contribution in [0.4, 0.5) is 0 Å². The van der Waals surface area contributed by atoms with Crippen molar-refractivity contribution in [1.29, 1.82) is 0 Å². The fraction of sp³-hybridized carbons (Fsp3) is 0.600. The summed E-state index contributed by atoms with van der Waals surface area (Å²) in [5.41, 5.74) is 6.70. The molecule has 0 aromatic heterocycles. The molecule has 1 rings (SSSR count). The predicted molar refractivity (Wildman–Crippen MR) is 76.8 cm³/mol. The fourth-order valence-electron chi connectivity index (χ4n) is 1.60. The summed E-state index contributed by atoms with van der Waals surface area (Å²) in [5.74, 6) is 1.45. The van der Waals surface area contributed by atoms with Crippen LogP contribution in [0.5, 0.6) is 11.5 Å². The predicted octanol–water partition coefficient (Wildman–Crippen LogP) is 2.91. The first-order valence-corrected chi connectivity index (χ1v) is 6.51. The second kappa shape index (κ2) is 6.78. The van der Waals surface area contributed by atoms with E-state index in [2.05, 4.69) is 0 Å². The summed E-state index contributed by atoms with van der Waals surface area (Å²) in [4.78, 5) is 0. The highest BCUT2D eigenvalue weighted by atomic mass is 16.5. The Labute approximate surface area is 115 Å². The first-order chi connectivity index (χ1) is 8.89. The summed E-state index contributed by atoms with van der Waals surface area (Å²) < 4.78 is 16.4. The van der Waals surface area contributed by atoms with Crippen molar-refractivity contribution in [1.82, 2.24) is 0 Å². The van der Waals surface area contributed by atoms with Gasteiger partial charge in [-0.15, -0.1) is 0 Å². The summed E-state index contributed by atoms with van der Waals surface area (Å²) in [5, 5.41) is 0. The Balaban J connectivity index is 2.68. The standard InChI is InChI=1S/C15H25NO3/c1-11(16)12-6-7-13(14(10-12)17-4)19-9-8-15(2,3)18-5/h6-7,10-11H,8-9,16H2,1-5H3. The quantitative estimate of drug-likeness (QED) is 0.825. The zero-order valence-electron chi connectivity index (χ0n) is 12.5. The van der Waals surface area contributed by atoms with Crippen molar-refractivity contribution in [3.8, 4) is 11.5 Å². The van der Waals surface area contributed by atoms with Crippen LogP contribution >= 0.6 is 0 Å². The summed E-state index contributed by atoms with van der Waals surface area (Å²) in [6.45, 7) is 6.59. The van der Waals surface area contributed by atoms with Crippen LogP contribution in [0.3, 0.4) is 0 Å². The largest absolute Gasteiger partial charge is 0.493 e. The molecule has 0 saturated heterocycles. The van der Waals surface area contributed by atoms with Crippen LogP contribution in [0.1, 0.15) is 38.8 Å². The van der Waals surface area contributed by atoms with Gasteiger partial charge in [0, 0.05) is 19.6 Å². The molecule has 0 saturated carbocycles. The van der Waals surface area contributed by atoms with E-state index >= 15 is 0 Å². The van der Waals surface area contributed by atoms with Gasteiger partial charge in [0.15, 0.2) is 11.5 Å². The van der Waals surface area contributed by atoms with E-state index in [9.17, 15) is 0 Å². The molecule has 0 aliphatic rings. The van der Waals surface area contributed by atoms with Crippen LogP contribution in [0.15, 0.2) is 18.2 Å². The fourth-order valence-corrected chi connectivity index (χ4v) is 1.60. The SMILES string of the molecule is COc1cc(C(C)N)ccc1OCCC(C)(C)OC. The molecule has 1 atom stereocenters. The maximum Gasteiger partial charge on any atom is 0.161 e. The molecule has 0 spiro atoms. The Kier molecular flexibility index (Phi) is 5.63. The lowest BCUT2D eigenvalue weighted by molar-refractivity contribution is 0.00525. The van der Waals surface area contributed by atoms with Gasteiger partial charge in [0.25, 0.3) is 0 Å². The molecule has 0 radical (unpaired) electrons. The van der Waals surface area contributed by atoms with E-state index in [1.165, 1.54) is 0 Å². The van der Waals surface area contributed by atoms with E-state index < -0.39 is 0 Å². The summed E-state index contributed by atoms with van der Waals surface area (Å²) >= 11 is 0. The normalized spacial score (nSPS) is 13.2. The van der Waals surface area contributed by atoms with Gasteiger partial charge in [-0.2, -0.15) is 0 Å². The van der Waals surface area contributed by atoms with Crippen molar-refractivity contribution >= 4 is 0 Å². The van der Waals surface area contributed by atoms with Gasteiger partial charge in [0.2, 0.25) is 0 Å². The molecule has 2 N–H and O–H groups in total. The molecule has 1 aromatic rings. The minimum absolute atomic E-state index is 0.0182. The Morgan fingerprint density at radius 2 is 1.89 bits per heavy atom. The van der Waals surface area contributed by atoms with E-state index in [0.29, 0.717) is 12.4 Å². The topological polar surface area (TPSA) is 53.7 Å². The Morgan fingerprint density at radius 3 is 2.42 bits per heavy atom. The molecule has 0 aliphatic heterocycles. The average molecular weight is 267 g/mol. The highest BCUT2D eigenvalue weighted by Crippen LogP contribution is 2.30. The maximum absolute atomic E-state index is 5.85. The second-order valence-electron chi connectivity index (χ2n) is 5.26. The van der Waals surface area contributed by atoms with Gasteiger partial charge in [-0.3, -0.25) is 0 Å². The average Bonchev–Trinajstić information content (AvgIpc) is 2.38. The van der Waals surface area contributed by atoms with Gasteiger partial charge in [0.05, 0.1) is 19.3 Å². The van der Waals surface area contributed by atoms with Crippen molar-refractivity contribution in [2.24, 2.45) is 5.73 Å². The molecule has 1 aromatic carbocycles. The molecule has 0 aliphatic carbocycles. The van der Waals surface area contributed by atoms with Gasteiger partial charge in [0.1, 0.15) is 0 Å². The number of methoxy groups -OCH3 is 2. The van der Waals surface area contributed by atoms with Crippen LogP contribution in [-0.2, 0) is 4.74 Å².